The van der Waals surface area contributed by atoms with Gasteiger partial charge in [-0.2, -0.15) is 5.26 Å². The van der Waals surface area contributed by atoms with Crippen LogP contribution in [0.25, 0.3) is 0 Å². The first-order valence-corrected chi connectivity index (χ1v) is 7.14. The van der Waals surface area contributed by atoms with Crippen molar-refractivity contribution in [1.82, 2.24) is 9.97 Å². The maximum absolute atomic E-state index is 8.83. The van der Waals surface area contributed by atoms with E-state index in [1.807, 2.05) is 30.5 Å². The molecule has 1 aliphatic heterocycles. The summed E-state index contributed by atoms with van der Waals surface area (Å²) >= 11 is 0. The molecule has 0 radical (unpaired) electrons. The van der Waals surface area contributed by atoms with Gasteiger partial charge in [0, 0.05) is 38.6 Å². The van der Waals surface area contributed by atoms with Crippen molar-refractivity contribution in [3.63, 3.8) is 0 Å². The van der Waals surface area contributed by atoms with Crippen molar-refractivity contribution in [2.75, 3.05) is 36.0 Å². The van der Waals surface area contributed by atoms with Crippen LogP contribution in [0.15, 0.2) is 42.7 Å². The van der Waals surface area contributed by atoms with Crippen molar-refractivity contribution in [3.8, 4) is 6.07 Å². The van der Waals surface area contributed by atoms with Gasteiger partial charge in [-0.05, 0) is 30.7 Å². The molecule has 0 atom stereocenters. The first kappa shape index (κ1) is 13.4. The van der Waals surface area contributed by atoms with Gasteiger partial charge in [-0.25, -0.2) is 9.97 Å². The van der Waals surface area contributed by atoms with Crippen LogP contribution in [0.2, 0.25) is 0 Å². The highest BCUT2D eigenvalue weighted by Gasteiger charge is 2.16. The lowest BCUT2D eigenvalue weighted by molar-refractivity contribution is 0.794. The summed E-state index contributed by atoms with van der Waals surface area (Å²) in [5.74, 6) is 1.98. The second-order valence-corrected chi connectivity index (χ2v) is 5.03. The van der Waals surface area contributed by atoms with E-state index in [2.05, 4.69) is 31.9 Å². The van der Waals surface area contributed by atoms with E-state index in [9.17, 15) is 0 Å². The summed E-state index contributed by atoms with van der Waals surface area (Å²) in [6, 6.07) is 11.9. The Morgan fingerprint density at radius 1 is 0.905 bits per heavy atom. The molecule has 2 aromatic rings. The Balaban J connectivity index is 1.69. The standard InChI is InChI=1S/C16H17N5/c17-12-14-5-6-16(19-13-14)21-9-3-8-20(10-11-21)15-4-1-2-7-18-15/h1-2,4-7,13H,3,8-11H2. The van der Waals surface area contributed by atoms with Gasteiger partial charge in [0.1, 0.15) is 17.7 Å². The third kappa shape index (κ3) is 3.11. The molecule has 2 aromatic heterocycles. The number of anilines is 2. The molecule has 21 heavy (non-hydrogen) atoms. The number of nitriles is 1. The van der Waals surface area contributed by atoms with Crippen molar-refractivity contribution in [3.05, 3.63) is 48.3 Å². The van der Waals surface area contributed by atoms with Crippen molar-refractivity contribution >= 4 is 11.6 Å². The molecule has 0 aliphatic carbocycles. The minimum Gasteiger partial charge on any atom is -0.355 e. The van der Waals surface area contributed by atoms with Crippen molar-refractivity contribution in [1.29, 1.82) is 5.26 Å². The highest BCUT2D eigenvalue weighted by molar-refractivity contribution is 5.44. The van der Waals surface area contributed by atoms with Crippen LogP contribution in [0, 0.1) is 11.3 Å². The summed E-state index contributed by atoms with van der Waals surface area (Å²) in [7, 11) is 0. The van der Waals surface area contributed by atoms with Gasteiger partial charge in [-0.1, -0.05) is 6.07 Å². The molecule has 0 N–H and O–H groups in total. The molecule has 3 rings (SSSR count). The zero-order valence-corrected chi connectivity index (χ0v) is 11.8. The fourth-order valence-electron chi connectivity index (χ4n) is 2.56. The average Bonchev–Trinajstić information content (AvgIpc) is 2.82. The molecule has 1 aliphatic rings. The van der Waals surface area contributed by atoms with E-state index in [0.717, 1.165) is 44.2 Å². The summed E-state index contributed by atoms with van der Waals surface area (Å²) < 4.78 is 0. The van der Waals surface area contributed by atoms with Crippen molar-refractivity contribution < 1.29 is 0 Å². The molecule has 1 saturated heterocycles. The highest BCUT2D eigenvalue weighted by Crippen LogP contribution is 2.17. The molecular weight excluding hydrogens is 262 g/mol. The van der Waals surface area contributed by atoms with Crippen LogP contribution >= 0.6 is 0 Å². The second kappa shape index (κ2) is 6.23. The van der Waals surface area contributed by atoms with Crippen LogP contribution in [0.3, 0.4) is 0 Å². The lowest BCUT2D eigenvalue weighted by atomic mass is 10.3. The minimum atomic E-state index is 0.601. The molecule has 0 aromatic carbocycles. The van der Waals surface area contributed by atoms with Gasteiger partial charge in [0.05, 0.1) is 5.56 Å². The first-order valence-electron chi connectivity index (χ1n) is 7.14. The van der Waals surface area contributed by atoms with Gasteiger partial charge in [-0.3, -0.25) is 0 Å². The quantitative estimate of drug-likeness (QED) is 0.842. The van der Waals surface area contributed by atoms with E-state index in [-0.39, 0.29) is 0 Å². The molecule has 3 heterocycles. The van der Waals surface area contributed by atoms with E-state index in [1.165, 1.54) is 0 Å². The van der Waals surface area contributed by atoms with Crippen LogP contribution in [-0.4, -0.2) is 36.1 Å². The maximum atomic E-state index is 8.83. The largest absolute Gasteiger partial charge is 0.355 e. The molecule has 0 amide bonds. The Bertz CT molecular complexity index is 617. The Kier molecular flexibility index (Phi) is 3.97. The van der Waals surface area contributed by atoms with E-state index in [0.29, 0.717) is 5.56 Å². The van der Waals surface area contributed by atoms with Gasteiger partial charge in [-0.15, -0.1) is 0 Å². The second-order valence-electron chi connectivity index (χ2n) is 5.03. The SMILES string of the molecule is N#Cc1ccc(N2CCCN(c3ccccn3)CC2)nc1. The van der Waals surface area contributed by atoms with E-state index >= 15 is 0 Å². The smallest absolute Gasteiger partial charge is 0.128 e. The number of rotatable bonds is 2. The number of nitrogens with zero attached hydrogens (tertiary/aromatic N) is 5. The minimum absolute atomic E-state index is 0.601. The Labute approximate surface area is 124 Å². The summed E-state index contributed by atoms with van der Waals surface area (Å²) in [4.78, 5) is 13.4. The number of aromatic nitrogens is 2. The monoisotopic (exact) mass is 279 g/mol. The summed E-state index contributed by atoms with van der Waals surface area (Å²) in [5, 5.41) is 8.83. The summed E-state index contributed by atoms with van der Waals surface area (Å²) in [5.41, 5.74) is 0.601. The Hall–Kier alpha value is -2.61. The fourth-order valence-corrected chi connectivity index (χ4v) is 2.56. The normalized spacial score (nSPS) is 15.4. The predicted octanol–water partition coefficient (Wildman–Crippen LogP) is 2.06. The van der Waals surface area contributed by atoms with Gasteiger partial charge in [0.2, 0.25) is 0 Å². The third-order valence-corrected chi connectivity index (χ3v) is 3.67. The lowest BCUT2D eigenvalue weighted by Gasteiger charge is -2.23. The number of hydrogen-bond donors (Lipinski definition) is 0. The van der Waals surface area contributed by atoms with Gasteiger partial charge < -0.3 is 9.80 Å². The topological polar surface area (TPSA) is 56.1 Å². The maximum Gasteiger partial charge on any atom is 0.128 e. The van der Waals surface area contributed by atoms with E-state index < -0.39 is 0 Å². The molecule has 5 nitrogen and oxygen atoms in total. The van der Waals surface area contributed by atoms with Crippen LogP contribution in [-0.2, 0) is 0 Å². The third-order valence-electron chi connectivity index (χ3n) is 3.67. The van der Waals surface area contributed by atoms with Crippen LogP contribution < -0.4 is 9.80 Å². The first-order chi connectivity index (χ1) is 10.4. The molecule has 0 bridgehead atoms. The van der Waals surface area contributed by atoms with E-state index in [4.69, 9.17) is 5.26 Å². The Morgan fingerprint density at radius 2 is 1.67 bits per heavy atom. The zero-order valence-electron chi connectivity index (χ0n) is 11.8. The predicted molar refractivity (Wildman–Crippen MR) is 82.2 cm³/mol. The molecule has 0 saturated carbocycles. The molecule has 0 unspecified atom stereocenters. The average molecular weight is 279 g/mol. The fraction of sp³-hybridized carbons (Fsp3) is 0.312. The highest BCUT2D eigenvalue weighted by atomic mass is 15.3. The van der Waals surface area contributed by atoms with Gasteiger partial charge >= 0.3 is 0 Å². The van der Waals surface area contributed by atoms with E-state index in [1.54, 1.807) is 6.20 Å². The Morgan fingerprint density at radius 3 is 2.24 bits per heavy atom. The number of hydrogen-bond acceptors (Lipinski definition) is 5. The van der Waals surface area contributed by atoms with Crippen molar-refractivity contribution in [2.24, 2.45) is 0 Å². The van der Waals surface area contributed by atoms with Crippen molar-refractivity contribution in [2.45, 2.75) is 6.42 Å². The number of pyridine rings is 2. The zero-order chi connectivity index (χ0) is 14.5. The van der Waals surface area contributed by atoms with Gasteiger partial charge in [0.15, 0.2) is 0 Å². The van der Waals surface area contributed by atoms with Crippen LogP contribution in [0.1, 0.15) is 12.0 Å². The summed E-state index contributed by atoms with van der Waals surface area (Å²) in [6.45, 7) is 3.82. The molecule has 106 valence electrons. The molecule has 0 spiro atoms. The molecule has 1 fully saturated rings. The molecule has 5 heteroatoms. The summed E-state index contributed by atoms with van der Waals surface area (Å²) in [6.07, 6.45) is 4.54. The van der Waals surface area contributed by atoms with Crippen LogP contribution in [0.5, 0.6) is 0 Å². The molecular formula is C16H17N5. The van der Waals surface area contributed by atoms with Gasteiger partial charge in [0.25, 0.3) is 0 Å². The van der Waals surface area contributed by atoms with Crippen LogP contribution in [0.4, 0.5) is 11.6 Å². The lowest BCUT2D eigenvalue weighted by Crippen LogP contribution is -2.31.